The summed E-state index contributed by atoms with van der Waals surface area (Å²) in [5.41, 5.74) is 0.207. The van der Waals surface area contributed by atoms with E-state index in [0.717, 1.165) is 11.3 Å². The molecule has 3 amide bonds. The maximum Gasteiger partial charge on any atom is 0.261 e. The number of ether oxygens (including phenoxy) is 1. The number of amides is 3. The van der Waals surface area contributed by atoms with Crippen LogP contribution < -0.4 is 14.9 Å². The number of nitrogens with zero attached hydrogens (tertiary/aromatic N) is 2. The smallest absolute Gasteiger partial charge is 0.261 e. The number of hydrogen-bond acceptors (Lipinski definition) is 8. The van der Waals surface area contributed by atoms with E-state index in [9.17, 15) is 27.9 Å². The molecule has 38 heavy (non-hydrogen) atoms. The molecule has 2 aromatic rings. The van der Waals surface area contributed by atoms with Gasteiger partial charge < -0.3 is 25.0 Å². The van der Waals surface area contributed by atoms with Crippen molar-refractivity contribution in [2.75, 3.05) is 44.3 Å². The first-order valence-corrected chi connectivity index (χ1v) is 14.8. The van der Waals surface area contributed by atoms with Crippen molar-refractivity contribution in [1.29, 1.82) is 0 Å². The second-order valence-corrected chi connectivity index (χ2v) is 12.5. The number of piperidine rings is 1. The third kappa shape index (κ3) is 6.65. The molecule has 206 valence electrons. The van der Waals surface area contributed by atoms with Crippen molar-refractivity contribution in [3.63, 3.8) is 0 Å². The molecule has 2 aliphatic heterocycles. The molecule has 2 saturated heterocycles. The number of hydrogen-bond donors (Lipinski definition) is 3. The van der Waals surface area contributed by atoms with Gasteiger partial charge in [0.2, 0.25) is 15.9 Å². The standard InChI is InChI=1S/C23H26Cl2N4O7S2/c24-19-5-4-17(37-19)22(32)26-12-15(23(33)28-8-6-14(30)7-9-28)27-38(34,35)18-3-1-2-16(21(18)25)29-10-11-36-13-20(29)31/h1-5,14-15,27,30H,6-13H2,(H,26,32)/t15-/m0/s1. The second kappa shape index (κ2) is 12.3. The molecule has 0 spiro atoms. The highest BCUT2D eigenvalue weighted by Crippen LogP contribution is 2.33. The van der Waals surface area contributed by atoms with Gasteiger partial charge in [0.1, 0.15) is 17.5 Å². The number of sulfonamides is 1. The number of benzene rings is 1. The van der Waals surface area contributed by atoms with Gasteiger partial charge >= 0.3 is 0 Å². The number of rotatable bonds is 8. The van der Waals surface area contributed by atoms with Crippen LogP contribution in [0.4, 0.5) is 5.69 Å². The maximum absolute atomic E-state index is 13.5. The van der Waals surface area contributed by atoms with Crippen molar-refractivity contribution >= 4 is 68.0 Å². The number of thiophene rings is 1. The van der Waals surface area contributed by atoms with Gasteiger partial charge in [-0.1, -0.05) is 29.3 Å². The Morgan fingerprint density at radius 1 is 1.16 bits per heavy atom. The van der Waals surface area contributed by atoms with Gasteiger partial charge in [-0.15, -0.1) is 11.3 Å². The Balaban J connectivity index is 1.58. The van der Waals surface area contributed by atoms with Crippen LogP contribution in [0.5, 0.6) is 0 Å². The number of halogens is 2. The molecule has 0 saturated carbocycles. The van der Waals surface area contributed by atoms with Crippen LogP contribution in [0.3, 0.4) is 0 Å². The fraction of sp³-hybridized carbons (Fsp3) is 0.435. The predicted octanol–water partition coefficient (Wildman–Crippen LogP) is 1.48. The number of likely N-dealkylation sites (tertiary alicyclic amines) is 1. The molecular formula is C23H26Cl2N4O7S2. The minimum Gasteiger partial charge on any atom is -0.393 e. The average molecular weight is 606 g/mol. The Hall–Kier alpha value is -2.26. The Bertz CT molecular complexity index is 1310. The summed E-state index contributed by atoms with van der Waals surface area (Å²) in [6.07, 6.45) is 0.168. The molecule has 4 rings (SSSR count). The van der Waals surface area contributed by atoms with Crippen LogP contribution in [0.25, 0.3) is 0 Å². The van der Waals surface area contributed by atoms with E-state index in [-0.39, 0.29) is 60.9 Å². The lowest BCUT2D eigenvalue weighted by molar-refractivity contribution is -0.134. The molecular weight excluding hydrogens is 579 g/mol. The Kier molecular flexibility index (Phi) is 9.29. The van der Waals surface area contributed by atoms with E-state index in [1.165, 1.54) is 34.1 Å². The van der Waals surface area contributed by atoms with Crippen LogP contribution >= 0.6 is 34.5 Å². The largest absolute Gasteiger partial charge is 0.393 e. The van der Waals surface area contributed by atoms with E-state index < -0.39 is 34.0 Å². The first-order valence-electron chi connectivity index (χ1n) is 11.8. The first kappa shape index (κ1) is 28.7. The molecule has 1 atom stereocenters. The molecule has 0 radical (unpaired) electrons. The second-order valence-electron chi connectivity index (χ2n) is 8.73. The third-order valence-corrected chi connectivity index (χ3v) is 9.40. The van der Waals surface area contributed by atoms with Gasteiger partial charge in [-0.25, -0.2) is 8.42 Å². The van der Waals surface area contributed by atoms with Gasteiger partial charge in [-0.2, -0.15) is 4.72 Å². The van der Waals surface area contributed by atoms with Crippen LogP contribution in [0.1, 0.15) is 22.5 Å². The summed E-state index contributed by atoms with van der Waals surface area (Å²) in [6, 6.07) is 5.96. The number of aliphatic hydroxyl groups is 1. The predicted molar refractivity (Wildman–Crippen MR) is 142 cm³/mol. The Morgan fingerprint density at radius 2 is 1.89 bits per heavy atom. The summed E-state index contributed by atoms with van der Waals surface area (Å²) in [5.74, 6) is -1.43. The highest BCUT2D eigenvalue weighted by atomic mass is 35.5. The van der Waals surface area contributed by atoms with Crippen LogP contribution in [0.2, 0.25) is 9.36 Å². The number of morpholine rings is 1. The van der Waals surface area contributed by atoms with Gasteiger partial charge in [0.25, 0.3) is 11.8 Å². The Morgan fingerprint density at radius 3 is 2.55 bits per heavy atom. The van der Waals surface area contributed by atoms with Crippen molar-refractivity contribution < 1.29 is 32.6 Å². The molecule has 2 fully saturated rings. The maximum atomic E-state index is 13.5. The van der Waals surface area contributed by atoms with E-state index in [1.807, 2.05) is 0 Å². The van der Waals surface area contributed by atoms with Crippen LogP contribution in [0, 0.1) is 0 Å². The van der Waals surface area contributed by atoms with Crippen molar-refractivity contribution in [2.24, 2.45) is 0 Å². The third-order valence-electron chi connectivity index (χ3n) is 6.14. The zero-order valence-electron chi connectivity index (χ0n) is 20.1. The minimum absolute atomic E-state index is 0.151. The molecule has 1 aromatic carbocycles. The summed E-state index contributed by atoms with van der Waals surface area (Å²) < 4.78 is 34.9. The molecule has 15 heteroatoms. The lowest BCUT2D eigenvalue weighted by Gasteiger charge is -2.33. The number of nitrogens with one attached hydrogen (secondary N) is 2. The molecule has 3 N–H and O–H groups in total. The molecule has 1 aromatic heterocycles. The first-order chi connectivity index (χ1) is 18.1. The van der Waals surface area contributed by atoms with E-state index in [2.05, 4.69) is 10.0 Å². The van der Waals surface area contributed by atoms with Gasteiger partial charge in [-0.05, 0) is 37.1 Å². The summed E-state index contributed by atoms with van der Waals surface area (Å²) in [7, 11) is -4.39. The van der Waals surface area contributed by atoms with Crippen molar-refractivity contribution in [3.05, 3.63) is 44.6 Å². The van der Waals surface area contributed by atoms with Gasteiger partial charge in [-0.3, -0.25) is 14.4 Å². The summed E-state index contributed by atoms with van der Waals surface area (Å²) in [6.45, 7) is 0.459. The summed E-state index contributed by atoms with van der Waals surface area (Å²) in [5, 5.41) is 12.2. The van der Waals surface area contributed by atoms with E-state index >= 15 is 0 Å². The van der Waals surface area contributed by atoms with Crippen molar-refractivity contribution in [1.82, 2.24) is 14.9 Å². The van der Waals surface area contributed by atoms with Crippen molar-refractivity contribution in [3.8, 4) is 0 Å². The topological polar surface area (TPSA) is 145 Å². The van der Waals surface area contributed by atoms with E-state index in [1.54, 1.807) is 6.07 Å². The lowest BCUT2D eigenvalue weighted by atomic mass is 10.1. The normalized spacial score (nSPS) is 17.9. The molecule has 0 aliphatic carbocycles. The van der Waals surface area contributed by atoms with Gasteiger partial charge in [0, 0.05) is 26.2 Å². The number of carbonyl (C=O) groups excluding carboxylic acids is 3. The zero-order chi connectivity index (χ0) is 27.4. The molecule has 3 heterocycles. The van der Waals surface area contributed by atoms with Crippen LogP contribution in [0.15, 0.2) is 35.2 Å². The van der Waals surface area contributed by atoms with Gasteiger partial charge in [0.05, 0.1) is 32.6 Å². The van der Waals surface area contributed by atoms with Crippen LogP contribution in [-0.4, -0.2) is 87.7 Å². The molecule has 2 aliphatic rings. The molecule has 0 bridgehead atoms. The SMILES string of the molecule is O=C(NC[C@H](NS(=O)(=O)c1cccc(N2CCOCC2=O)c1Cl)C(=O)N1CCC(O)CC1)c1ccc(Cl)s1. The fourth-order valence-corrected chi connectivity index (χ4v) is 6.92. The quantitative estimate of drug-likeness (QED) is 0.414. The van der Waals surface area contributed by atoms with Crippen LogP contribution in [-0.2, 0) is 24.3 Å². The summed E-state index contributed by atoms with van der Waals surface area (Å²) in [4.78, 5) is 41.0. The lowest BCUT2D eigenvalue weighted by Crippen LogP contribution is -2.55. The van der Waals surface area contributed by atoms with E-state index in [0.29, 0.717) is 22.1 Å². The zero-order valence-corrected chi connectivity index (χ0v) is 23.2. The van der Waals surface area contributed by atoms with E-state index in [4.69, 9.17) is 27.9 Å². The molecule has 11 nitrogen and oxygen atoms in total. The highest BCUT2D eigenvalue weighted by molar-refractivity contribution is 7.89. The number of carbonyl (C=O) groups is 3. The number of aliphatic hydroxyl groups excluding tert-OH is 1. The highest BCUT2D eigenvalue weighted by Gasteiger charge is 2.34. The van der Waals surface area contributed by atoms with Crippen molar-refractivity contribution in [2.45, 2.75) is 29.9 Å². The fourth-order valence-electron chi connectivity index (χ4n) is 4.14. The van der Waals surface area contributed by atoms with Gasteiger partial charge in [0.15, 0.2) is 0 Å². The average Bonchev–Trinajstić information content (AvgIpc) is 3.33. The molecule has 0 unspecified atom stereocenters. The minimum atomic E-state index is -4.39. The summed E-state index contributed by atoms with van der Waals surface area (Å²) >= 11 is 13.4. The Labute approximate surface area is 233 Å². The number of anilines is 1. The monoisotopic (exact) mass is 604 g/mol.